The molecule has 7 nitrogen and oxygen atoms in total. The normalized spacial score (nSPS) is 19.2. The lowest BCUT2D eigenvalue weighted by Gasteiger charge is -2.27. The quantitative estimate of drug-likeness (QED) is 0.608. The van der Waals surface area contributed by atoms with Crippen molar-refractivity contribution < 1.29 is 19.1 Å². The van der Waals surface area contributed by atoms with Crippen LogP contribution in [0, 0.1) is 11.8 Å². The van der Waals surface area contributed by atoms with Crippen LogP contribution in [0.2, 0.25) is 0 Å². The first kappa shape index (κ1) is 20.9. The number of carbonyl (C=O) groups excluding carboxylic acids is 3. The van der Waals surface area contributed by atoms with Crippen LogP contribution < -0.4 is 16.0 Å². The average molecular weight is 375 g/mol. The number of rotatable bonds is 8. The Balaban J connectivity index is 1.74. The first-order valence-corrected chi connectivity index (χ1v) is 9.44. The Labute approximate surface area is 160 Å². The van der Waals surface area contributed by atoms with Gasteiger partial charge in [0.1, 0.15) is 0 Å². The van der Waals surface area contributed by atoms with E-state index in [-0.39, 0.29) is 29.6 Å². The van der Waals surface area contributed by atoms with Gasteiger partial charge in [-0.05, 0) is 56.4 Å². The Hall–Kier alpha value is -2.41. The van der Waals surface area contributed by atoms with Crippen molar-refractivity contribution in [1.82, 2.24) is 5.32 Å². The molecule has 1 aromatic rings. The smallest absolute Gasteiger partial charge is 0.227 e. The molecule has 0 atom stereocenters. The summed E-state index contributed by atoms with van der Waals surface area (Å²) in [6, 6.07) is 7.04. The Morgan fingerprint density at radius 3 is 1.96 bits per heavy atom. The molecule has 0 radical (unpaired) electrons. The van der Waals surface area contributed by atoms with E-state index in [1.165, 1.54) is 6.92 Å². The molecule has 1 fully saturated rings. The second-order valence-electron chi connectivity index (χ2n) is 6.93. The fourth-order valence-electron chi connectivity index (χ4n) is 3.27. The van der Waals surface area contributed by atoms with Crippen molar-refractivity contribution in [3.05, 3.63) is 24.3 Å². The topological polar surface area (TPSA) is 96.5 Å². The van der Waals surface area contributed by atoms with Gasteiger partial charge in [-0.3, -0.25) is 14.4 Å². The molecule has 1 aromatic carbocycles. The summed E-state index contributed by atoms with van der Waals surface area (Å²) < 4.78 is 4.97. The molecule has 1 saturated carbocycles. The summed E-state index contributed by atoms with van der Waals surface area (Å²) in [5.41, 5.74) is 1.39. The van der Waals surface area contributed by atoms with E-state index in [1.807, 2.05) is 0 Å². The maximum absolute atomic E-state index is 12.5. The van der Waals surface area contributed by atoms with Crippen molar-refractivity contribution in [2.45, 2.75) is 39.0 Å². The van der Waals surface area contributed by atoms with Crippen LogP contribution in [-0.4, -0.2) is 38.0 Å². The van der Waals surface area contributed by atoms with Crippen molar-refractivity contribution in [2.24, 2.45) is 11.8 Å². The van der Waals surface area contributed by atoms with Gasteiger partial charge >= 0.3 is 0 Å². The van der Waals surface area contributed by atoms with Gasteiger partial charge in [-0.15, -0.1) is 0 Å². The van der Waals surface area contributed by atoms with Gasteiger partial charge in [-0.25, -0.2) is 0 Å². The third-order valence-corrected chi connectivity index (χ3v) is 4.77. The molecule has 0 unspecified atom stereocenters. The Bertz CT molecular complexity index is 637. The molecule has 1 aliphatic carbocycles. The maximum atomic E-state index is 12.5. The minimum atomic E-state index is -0.133. The van der Waals surface area contributed by atoms with Crippen LogP contribution in [0.3, 0.4) is 0 Å². The molecule has 0 saturated heterocycles. The van der Waals surface area contributed by atoms with Gasteiger partial charge in [0.05, 0.1) is 0 Å². The predicted octanol–water partition coefficient (Wildman–Crippen LogP) is 2.54. The lowest BCUT2D eigenvalue weighted by atomic mass is 9.81. The standard InChI is InChI=1S/C20H29N3O4/c1-14(24)22-17-8-10-18(11-9-17)23-20(26)16-6-4-15(5-7-16)19(25)21-12-3-13-27-2/h8-11,15-16H,3-7,12-13H2,1-2H3,(H,21,25)(H,22,24)(H,23,26). The molecule has 0 aliphatic heterocycles. The number of methoxy groups -OCH3 is 1. The SMILES string of the molecule is COCCCNC(=O)C1CCC(C(=O)Nc2ccc(NC(C)=O)cc2)CC1. The number of hydrogen-bond donors (Lipinski definition) is 3. The van der Waals surface area contributed by atoms with E-state index in [9.17, 15) is 14.4 Å². The number of amides is 3. The number of anilines is 2. The van der Waals surface area contributed by atoms with E-state index in [0.29, 0.717) is 37.4 Å². The molecule has 0 aromatic heterocycles. The minimum Gasteiger partial charge on any atom is -0.385 e. The lowest BCUT2D eigenvalue weighted by Crippen LogP contribution is -2.36. The van der Waals surface area contributed by atoms with E-state index in [1.54, 1.807) is 31.4 Å². The monoisotopic (exact) mass is 375 g/mol. The molecular weight excluding hydrogens is 346 g/mol. The molecule has 0 spiro atoms. The maximum Gasteiger partial charge on any atom is 0.227 e. The van der Waals surface area contributed by atoms with Crippen LogP contribution in [0.25, 0.3) is 0 Å². The summed E-state index contributed by atoms with van der Waals surface area (Å²) >= 11 is 0. The molecule has 7 heteroatoms. The number of carbonyl (C=O) groups is 3. The van der Waals surface area contributed by atoms with E-state index >= 15 is 0 Å². The van der Waals surface area contributed by atoms with Gasteiger partial charge in [0.25, 0.3) is 0 Å². The minimum absolute atomic E-state index is 0.00599. The largest absolute Gasteiger partial charge is 0.385 e. The van der Waals surface area contributed by atoms with Gasteiger partial charge < -0.3 is 20.7 Å². The molecule has 0 bridgehead atoms. The second kappa shape index (κ2) is 10.7. The second-order valence-corrected chi connectivity index (χ2v) is 6.93. The third kappa shape index (κ3) is 7.02. The summed E-state index contributed by atoms with van der Waals surface area (Å²) in [5.74, 6) is -0.142. The summed E-state index contributed by atoms with van der Waals surface area (Å²) in [5, 5.41) is 8.55. The Morgan fingerprint density at radius 2 is 1.44 bits per heavy atom. The molecular formula is C20H29N3O4. The average Bonchev–Trinajstić information content (AvgIpc) is 2.66. The highest BCUT2D eigenvalue weighted by Gasteiger charge is 2.29. The summed E-state index contributed by atoms with van der Waals surface area (Å²) in [7, 11) is 1.64. The molecule has 2 rings (SSSR count). The van der Waals surface area contributed by atoms with Crippen molar-refractivity contribution in [1.29, 1.82) is 0 Å². The zero-order valence-corrected chi connectivity index (χ0v) is 16.0. The van der Waals surface area contributed by atoms with Crippen molar-refractivity contribution in [3.8, 4) is 0 Å². The van der Waals surface area contributed by atoms with Crippen molar-refractivity contribution >= 4 is 29.1 Å². The van der Waals surface area contributed by atoms with Gasteiger partial charge in [0.15, 0.2) is 0 Å². The molecule has 3 amide bonds. The van der Waals surface area contributed by atoms with Crippen LogP contribution >= 0.6 is 0 Å². The first-order valence-electron chi connectivity index (χ1n) is 9.44. The lowest BCUT2D eigenvalue weighted by molar-refractivity contribution is -0.128. The van der Waals surface area contributed by atoms with Crippen LogP contribution in [0.4, 0.5) is 11.4 Å². The van der Waals surface area contributed by atoms with Gasteiger partial charge in [-0.2, -0.15) is 0 Å². The third-order valence-electron chi connectivity index (χ3n) is 4.77. The summed E-state index contributed by atoms with van der Waals surface area (Å²) in [6.07, 6.45) is 3.70. The van der Waals surface area contributed by atoms with Crippen LogP contribution in [0.15, 0.2) is 24.3 Å². The summed E-state index contributed by atoms with van der Waals surface area (Å²) in [4.78, 5) is 35.6. The number of ether oxygens (including phenoxy) is 1. The zero-order chi connectivity index (χ0) is 19.6. The number of nitrogens with one attached hydrogen (secondary N) is 3. The Kier molecular flexibility index (Phi) is 8.26. The van der Waals surface area contributed by atoms with E-state index in [4.69, 9.17) is 4.74 Å². The summed E-state index contributed by atoms with van der Waals surface area (Å²) in [6.45, 7) is 2.71. The van der Waals surface area contributed by atoms with Crippen LogP contribution in [0.1, 0.15) is 39.0 Å². The van der Waals surface area contributed by atoms with Crippen molar-refractivity contribution in [2.75, 3.05) is 30.9 Å². The van der Waals surface area contributed by atoms with E-state index in [2.05, 4.69) is 16.0 Å². The van der Waals surface area contributed by atoms with E-state index < -0.39 is 0 Å². The highest BCUT2D eigenvalue weighted by Crippen LogP contribution is 2.30. The molecule has 3 N–H and O–H groups in total. The van der Waals surface area contributed by atoms with Gasteiger partial charge in [0, 0.05) is 50.4 Å². The van der Waals surface area contributed by atoms with Crippen LogP contribution in [-0.2, 0) is 19.1 Å². The first-order chi connectivity index (χ1) is 13.0. The van der Waals surface area contributed by atoms with Gasteiger partial charge in [0.2, 0.25) is 17.7 Å². The Morgan fingerprint density at radius 1 is 0.926 bits per heavy atom. The predicted molar refractivity (Wildman–Crippen MR) is 104 cm³/mol. The number of benzene rings is 1. The highest BCUT2D eigenvalue weighted by molar-refractivity contribution is 5.93. The molecule has 0 heterocycles. The number of hydrogen-bond acceptors (Lipinski definition) is 4. The van der Waals surface area contributed by atoms with Gasteiger partial charge in [-0.1, -0.05) is 0 Å². The molecule has 27 heavy (non-hydrogen) atoms. The zero-order valence-electron chi connectivity index (χ0n) is 16.0. The molecule has 148 valence electrons. The van der Waals surface area contributed by atoms with Crippen LogP contribution in [0.5, 0.6) is 0 Å². The van der Waals surface area contributed by atoms with Crippen molar-refractivity contribution in [3.63, 3.8) is 0 Å². The van der Waals surface area contributed by atoms with E-state index in [0.717, 1.165) is 19.3 Å². The highest BCUT2D eigenvalue weighted by atomic mass is 16.5. The molecule has 1 aliphatic rings. The fourth-order valence-corrected chi connectivity index (χ4v) is 3.27. The fraction of sp³-hybridized carbons (Fsp3) is 0.550.